The number of nitrogens with zero attached hydrogens (tertiary/aromatic N) is 1. The van der Waals surface area contributed by atoms with Gasteiger partial charge in [0, 0.05) is 19.3 Å². The van der Waals surface area contributed by atoms with Gasteiger partial charge in [0.05, 0.1) is 25.5 Å². The van der Waals surface area contributed by atoms with E-state index in [1.54, 1.807) is 27.7 Å². The normalized spacial score (nSPS) is 14.8. The van der Waals surface area contributed by atoms with Crippen molar-refractivity contribution in [2.24, 2.45) is 10.8 Å². The van der Waals surface area contributed by atoms with E-state index < -0.39 is 42.7 Å². The lowest BCUT2D eigenvalue weighted by Gasteiger charge is -2.44. The molecule has 0 aliphatic heterocycles. The predicted octanol–water partition coefficient (Wildman–Crippen LogP) is 3.66. The summed E-state index contributed by atoms with van der Waals surface area (Å²) in [6.07, 6.45) is 0.809. The van der Waals surface area contributed by atoms with Crippen LogP contribution < -0.4 is 0 Å². The van der Waals surface area contributed by atoms with Crippen molar-refractivity contribution in [1.82, 2.24) is 4.31 Å². The number of carboxylic acids is 1. The number of aliphatic carboxylic acids is 1. The Kier molecular flexibility index (Phi) is 9.89. The molecule has 0 aromatic carbocycles. The Morgan fingerprint density at radius 1 is 1.00 bits per heavy atom. The molecule has 1 N–H and O–H groups in total. The summed E-state index contributed by atoms with van der Waals surface area (Å²) in [6, 6.07) is 0. The first kappa shape index (κ1) is 30.4. The van der Waals surface area contributed by atoms with Gasteiger partial charge in [-0.1, -0.05) is 13.8 Å². The summed E-state index contributed by atoms with van der Waals surface area (Å²) in [7, 11) is 3.60. The van der Waals surface area contributed by atoms with Crippen LogP contribution in [0.1, 0.15) is 82.1 Å². The van der Waals surface area contributed by atoms with Crippen LogP contribution >= 0.6 is 0 Å². The summed E-state index contributed by atoms with van der Waals surface area (Å²) in [5.41, 5.74) is -2.81. The summed E-state index contributed by atoms with van der Waals surface area (Å²) in [6.45, 7) is 18.4. The fourth-order valence-electron chi connectivity index (χ4n) is 3.72. The molecule has 0 saturated carbocycles. The van der Waals surface area contributed by atoms with E-state index in [4.69, 9.17) is 17.3 Å². The molecule has 0 fully saturated rings. The van der Waals surface area contributed by atoms with E-state index in [0.29, 0.717) is 19.4 Å². The quantitative estimate of drug-likeness (QED) is 0.397. The molecule has 0 aromatic heterocycles. The summed E-state index contributed by atoms with van der Waals surface area (Å²) >= 11 is 0. The van der Waals surface area contributed by atoms with E-state index in [9.17, 15) is 18.3 Å². The standard InChI is InChI=1S/C22H44BNO6S/c1-18(2,22(9,10)17(25)26)14-20(5,6)30-13-12-19(3,4)24(16-23)31(27,28)21(7,8)15-29-11/h12-16H2,1-11H3,(H,25,26). The number of methoxy groups -OCH3 is 1. The average molecular weight is 461 g/mol. The number of carbonyl (C=O) groups is 1. The minimum atomic E-state index is -3.73. The van der Waals surface area contributed by atoms with Crippen LogP contribution in [0, 0.1) is 10.8 Å². The molecular weight excluding hydrogens is 417 g/mol. The molecule has 0 unspecified atom stereocenters. The second kappa shape index (κ2) is 10.1. The van der Waals surface area contributed by atoms with Crippen molar-refractivity contribution in [3.05, 3.63) is 0 Å². The Labute approximate surface area is 191 Å². The van der Waals surface area contributed by atoms with E-state index in [-0.39, 0.29) is 13.1 Å². The molecule has 0 heterocycles. The number of hydrogen-bond acceptors (Lipinski definition) is 5. The third-order valence-electron chi connectivity index (χ3n) is 6.62. The highest BCUT2D eigenvalue weighted by molar-refractivity contribution is 7.90. The molecule has 9 heteroatoms. The Morgan fingerprint density at radius 3 is 1.87 bits per heavy atom. The summed E-state index contributed by atoms with van der Waals surface area (Å²) in [4.78, 5) is 11.7. The van der Waals surface area contributed by atoms with Gasteiger partial charge in [0.2, 0.25) is 10.0 Å². The van der Waals surface area contributed by atoms with Crippen molar-refractivity contribution in [1.29, 1.82) is 0 Å². The number of carboxylic acid groups (broad SMARTS) is 1. The number of ether oxygens (including phenoxy) is 2. The lowest BCUT2D eigenvalue weighted by atomic mass is 9.63. The Hall–Kier alpha value is -0.635. The minimum Gasteiger partial charge on any atom is -0.481 e. The van der Waals surface area contributed by atoms with Crippen LogP contribution in [-0.2, 0) is 24.3 Å². The molecule has 0 spiro atoms. The van der Waals surface area contributed by atoms with Crippen LogP contribution in [0.2, 0.25) is 0 Å². The van der Waals surface area contributed by atoms with E-state index in [1.165, 1.54) is 11.4 Å². The molecular formula is C22H44BNO6S. The SMILES string of the molecule is [B]CN(C(C)(C)CCOC(C)(C)CC(C)(C)C(C)(C)C(=O)O)S(=O)(=O)C(C)(C)COC. The first-order chi connectivity index (χ1) is 13.6. The smallest absolute Gasteiger partial charge is 0.309 e. The summed E-state index contributed by atoms with van der Waals surface area (Å²) in [5, 5.41) is 9.60. The number of rotatable bonds is 14. The van der Waals surface area contributed by atoms with Crippen molar-refractivity contribution < 1.29 is 27.8 Å². The Morgan fingerprint density at radius 2 is 1.48 bits per heavy atom. The Bertz CT molecular complexity index is 714. The molecule has 0 saturated heterocycles. The van der Waals surface area contributed by atoms with Crippen molar-refractivity contribution in [2.75, 3.05) is 26.8 Å². The van der Waals surface area contributed by atoms with Gasteiger partial charge < -0.3 is 14.6 Å². The second-order valence-electron chi connectivity index (χ2n) is 11.4. The highest BCUT2D eigenvalue weighted by atomic mass is 32.2. The van der Waals surface area contributed by atoms with Crippen LogP contribution in [0.5, 0.6) is 0 Å². The van der Waals surface area contributed by atoms with Gasteiger partial charge in [0.1, 0.15) is 4.75 Å². The fraction of sp³-hybridized carbons (Fsp3) is 0.955. The third-order valence-corrected chi connectivity index (χ3v) is 9.36. The molecule has 7 nitrogen and oxygen atoms in total. The Balaban J connectivity index is 5.37. The molecule has 0 atom stereocenters. The molecule has 0 aliphatic rings. The van der Waals surface area contributed by atoms with Crippen LogP contribution in [0.25, 0.3) is 0 Å². The van der Waals surface area contributed by atoms with Gasteiger partial charge in [-0.25, -0.2) is 12.7 Å². The predicted molar refractivity (Wildman–Crippen MR) is 126 cm³/mol. The molecule has 0 aromatic rings. The topological polar surface area (TPSA) is 93.1 Å². The lowest BCUT2D eigenvalue weighted by molar-refractivity contribution is -0.157. The van der Waals surface area contributed by atoms with E-state index in [1.807, 2.05) is 41.5 Å². The molecule has 0 amide bonds. The first-order valence-electron chi connectivity index (χ1n) is 10.7. The van der Waals surface area contributed by atoms with Gasteiger partial charge in [-0.2, -0.15) is 0 Å². The average Bonchev–Trinajstić information content (AvgIpc) is 2.52. The maximum absolute atomic E-state index is 13.2. The van der Waals surface area contributed by atoms with Crippen LogP contribution in [0.15, 0.2) is 0 Å². The van der Waals surface area contributed by atoms with Crippen molar-refractivity contribution in [3.63, 3.8) is 0 Å². The molecule has 0 rings (SSSR count). The van der Waals surface area contributed by atoms with Gasteiger partial charge in [-0.3, -0.25) is 4.79 Å². The van der Waals surface area contributed by atoms with Crippen LogP contribution in [0.3, 0.4) is 0 Å². The summed E-state index contributed by atoms with van der Waals surface area (Å²) < 4.78 is 37.9. The lowest BCUT2D eigenvalue weighted by Crippen LogP contribution is -2.56. The maximum atomic E-state index is 13.2. The van der Waals surface area contributed by atoms with Crippen molar-refractivity contribution in [2.45, 2.75) is 98.0 Å². The van der Waals surface area contributed by atoms with Crippen LogP contribution in [0.4, 0.5) is 0 Å². The van der Waals surface area contributed by atoms with Gasteiger partial charge in [-0.05, 0) is 80.1 Å². The largest absolute Gasteiger partial charge is 0.481 e. The zero-order chi connectivity index (χ0) is 25.1. The van der Waals surface area contributed by atoms with E-state index in [0.717, 1.165) is 0 Å². The molecule has 0 bridgehead atoms. The monoisotopic (exact) mass is 461 g/mol. The van der Waals surface area contributed by atoms with Gasteiger partial charge in [0.25, 0.3) is 0 Å². The van der Waals surface area contributed by atoms with Crippen molar-refractivity contribution >= 4 is 23.8 Å². The highest BCUT2D eigenvalue weighted by Gasteiger charge is 2.47. The maximum Gasteiger partial charge on any atom is 0.309 e. The first-order valence-corrected chi connectivity index (χ1v) is 12.1. The molecule has 182 valence electrons. The fourth-order valence-corrected chi connectivity index (χ4v) is 5.52. The van der Waals surface area contributed by atoms with Crippen molar-refractivity contribution in [3.8, 4) is 0 Å². The molecule has 0 aliphatic carbocycles. The second-order valence-corrected chi connectivity index (χ2v) is 13.9. The van der Waals surface area contributed by atoms with E-state index >= 15 is 0 Å². The van der Waals surface area contributed by atoms with Gasteiger partial charge in [-0.15, -0.1) is 0 Å². The zero-order valence-electron chi connectivity index (χ0n) is 21.5. The number of hydrogen-bond donors (Lipinski definition) is 1. The van der Waals surface area contributed by atoms with Crippen LogP contribution in [-0.4, -0.2) is 74.3 Å². The minimum absolute atomic E-state index is 0.0554. The molecule has 31 heavy (non-hydrogen) atoms. The zero-order valence-corrected chi connectivity index (χ0v) is 22.3. The third kappa shape index (κ3) is 7.17. The van der Waals surface area contributed by atoms with Gasteiger partial charge in [0.15, 0.2) is 0 Å². The van der Waals surface area contributed by atoms with E-state index in [2.05, 4.69) is 0 Å². The highest BCUT2D eigenvalue weighted by Crippen LogP contribution is 2.45. The summed E-state index contributed by atoms with van der Waals surface area (Å²) in [5.74, 6) is -0.850. The molecule has 2 radical (unpaired) electrons. The van der Waals surface area contributed by atoms with Gasteiger partial charge >= 0.3 is 5.97 Å². The number of sulfonamides is 1.